The average Bonchev–Trinajstić information content (AvgIpc) is 2.94. The van der Waals surface area contributed by atoms with Crippen LogP contribution in [0, 0.1) is 6.92 Å². The van der Waals surface area contributed by atoms with Crippen molar-refractivity contribution in [3.05, 3.63) is 22.2 Å². The van der Waals surface area contributed by atoms with Gasteiger partial charge in [0.2, 0.25) is 0 Å². The third-order valence-electron chi connectivity index (χ3n) is 3.41. The number of hydrogen-bond acceptors (Lipinski definition) is 10. The number of rotatable bonds is 8. The Bertz CT molecular complexity index is 928. The number of hydrogen-bond donors (Lipinski definition) is 5. The van der Waals surface area contributed by atoms with Crippen LogP contribution in [0.15, 0.2) is 11.0 Å². The monoisotopic (exact) mass is 465 g/mol. The second-order valence-electron chi connectivity index (χ2n) is 5.68. The fourth-order valence-electron chi connectivity index (χ4n) is 2.28. The minimum atomic E-state index is -5.58. The number of aryl methyl sites for hydroxylation is 1. The van der Waals surface area contributed by atoms with E-state index in [4.69, 9.17) is 25.2 Å². The van der Waals surface area contributed by atoms with Crippen LogP contribution in [0.4, 0.5) is 5.82 Å². The van der Waals surface area contributed by atoms with E-state index >= 15 is 0 Å². The van der Waals surface area contributed by atoms with Crippen molar-refractivity contribution in [1.29, 1.82) is 0 Å². The number of anilines is 1. The van der Waals surface area contributed by atoms with Crippen molar-refractivity contribution in [3.8, 4) is 0 Å². The van der Waals surface area contributed by atoms with Gasteiger partial charge in [-0.15, -0.1) is 0 Å². The summed E-state index contributed by atoms with van der Waals surface area (Å²) in [5.74, 6) is 0.0726. The van der Waals surface area contributed by atoms with E-state index in [1.54, 1.807) is 6.92 Å². The Balaban J connectivity index is 1.95. The maximum Gasteiger partial charge on any atom is 0.490 e. The number of phosphoric ester groups is 1. The normalized spacial score (nSPS) is 24.6. The molecule has 0 aromatic carbocycles. The maximum absolute atomic E-state index is 11.9. The zero-order valence-electron chi connectivity index (χ0n) is 14.2. The average molecular weight is 465 g/mol. The van der Waals surface area contributed by atoms with E-state index in [0.29, 0.717) is 12.0 Å². The summed E-state index contributed by atoms with van der Waals surface area (Å²) in [6, 6.07) is 0. The van der Waals surface area contributed by atoms with Gasteiger partial charge in [-0.2, -0.15) is 13.6 Å². The maximum atomic E-state index is 11.9. The fraction of sp³-hybridized carbons (Fsp3) is 0.600. The van der Waals surface area contributed by atoms with Crippen molar-refractivity contribution in [2.24, 2.45) is 0 Å². The number of nitrogens with zero attached hydrogens (tertiary/aromatic N) is 2. The smallest absolute Gasteiger partial charge is 0.383 e. The SMILES string of the molecule is Cc1cn([C@H]2CC[C@@H](COP(=O)(O)OP(=O)(O)OP(=O)(O)O)O2)c(=O)nc1N. The highest BCUT2D eigenvalue weighted by Gasteiger charge is 2.41. The number of phosphoric acid groups is 3. The lowest BCUT2D eigenvalue weighted by Crippen LogP contribution is -2.28. The predicted octanol–water partition coefficient (Wildman–Crippen LogP) is 0.155. The number of nitrogen functional groups attached to an aromatic ring is 1. The van der Waals surface area contributed by atoms with Crippen molar-refractivity contribution in [2.75, 3.05) is 12.3 Å². The molecular weight excluding hydrogens is 447 g/mol. The molecular formula is C10H18N3O12P3. The van der Waals surface area contributed by atoms with E-state index in [2.05, 4.69) is 18.1 Å². The molecule has 2 unspecified atom stereocenters. The highest BCUT2D eigenvalue weighted by atomic mass is 31.3. The van der Waals surface area contributed by atoms with E-state index in [1.807, 2.05) is 0 Å². The molecule has 0 spiro atoms. The van der Waals surface area contributed by atoms with Crippen LogP contribution in [0.3, 0.4) is 0 Å². The van der Waals surface area contributed by atoms with Gasteiger partial charge in [-0.25, -0.2) is 18.5 Å². The fourth-order valence-corrected chi connectivity index (χ4v) is 5.33. The minimum Gasteiger partial charge on any atom is -0.383 e. The first-order chi connectivity index (χ1) is 12.7. The lowest BCUT2D eigenvalue weighted by Gasteiger charge is -2.19. The summed E-state index contributed by atoms with van der Waals surface area (Å²) >= 11 is 0. The van der Waals surface area contributed by atoms with Gasteiger partial charge in [0.05, 0.1) is 12.7 Å². The van der Waals surface area contributed by atoms with Gasteiger partial charge in [0.15, 0.2) is 0 Å². The third-order valence-corrected chi connectivity index (χ3v) is 7.21. The molecule has 0 aliphatic carbocycles. The highest BCUT2D eigenvalue weighted by Crippen LogP contribution is 2.66. The van der Waals surface area contributed by atoms with Crippen LogP contribution in [0.1, 0.15) is 24.6 Å². The van der Waals surface area contributed by atoms with Crippen molar-refractivity contribution in [3.63, 3.8) is 0 Å². The molecule has 15 nitrogen and oxygen atoms in total. The molecule has 2 heterocycles. The molecule has 160 valence electrons. The van der Waals surface area contributed by atoms with E-state index in [1.165, 1.54) is 10.8 Å². The summed E-state index contributed by atoms with van der Waals surface area (Å²) in [6.45, 7) is 1.05. The molecule has 1 fully saturated rings. The Morgan fingerprint density at radius 1 is 1.21 bits per heavy atom. The molecule has 28 heavy (non-hydrogen) atoms. The van der Waals surface area contributed by atoms with E-state index < -0.39 is 48.1 Å². The number of nitrogens with two attached hydrogens (primary N) is 1. The molecule has 1 aromatic rings. The summed E-state index contributed by atoms with van der Waals surface area (Å²) in [7, 11) is -16.3. The molecule has 1 saturated heterocycles. The van der Waals surface area contributed by atoms with Gasteiger partial charge in [0.1, 0.15) is 12.0 Å². The molecule has 18 heteroatoms. The van der Waals surface area contributed by atoms with Crippen molar-refractivity contribution >= 4 is 29.3 Å². The Kier molecular flexibility index (Phi) is 7.02. The van der Waals surface area contributed by atoms with E-state index in [9.17, 15) is 23.4 Å². The van der Waals surface area contributed by atoms with Crippen LogP contribution in [0.5, 0.6) is 0 Å². The van der Waals surface area contributed by atoms with Gasteiger partial charge in [0, 0.05) is 11.8 Å². The van der Waals surface area contributed by atoms with Gasteiger partial charge in [0.25, 0.3) is 0 Å². The van der Waals surface area contributed by atoms with Crippen LogP contribution in [0.2, 0.25) is 0 Å². The molecule has 6 N–H and O–H groups in total. The highest BCUT2D eigenvalue weighted by molar-refractivity contribution is 7.66. The molecule has 0 amide bonds. The summed E-state index contributed by atoms with van der Waals surface area (Å²) in [4.78, 5) is 50.9. The molecule has 0 radical (unpaired) electrons. The standard InChI is InChI=1S/C10H18N3O12P3/c1-6-4-13(10(14)12-9(6)11)8-3-2-7(23-8)5-22-27(18,19)25-28(20,21)24-26(15,16)17/h4,7-8H,2-3,5H2,1H3,(H,18,19)(H,20,21)(H2,11,12,14)(H2,15,16,17)/t7-,8+/m0/s1. The molecule has 0 bridgehead atoms. The Labute approximate surface area is 157 Å². The van der Waals surface area contributed by atoms with Crippen LogP contribution < -0.4 is 11.4 Å². The Hall–Kier alpha value is -0.950. The summed E-state index contributed by atoms with van der Waals surface area (Å²) in [5.41, 5.74) is 5.43. The first-order valence-electron chi connectivity index (χ1n) is 7.46. The molecule has 0 saturated carbocycles. The van der Waals surface area contributed by atoms with Gasteiger partial charge in [-0.1, -0.05) is 0 Å². The molecule has 1 aromatic heterocycles. The predicted molar refractivity (Wildman–Crippen MR) is 90.6 cm³/mol. The Morgan fingerprint density at radius 2 is 1.86 bits per heavy atom. The third kappa shape index (κ3) is 6.83. The summed E-state index contributed by atoms with van der Waals surface area (Å²) < 4.78 is 51.9. The van der Waals surface area contributed by atoms with Gasteiger partial charge in [-0.05, 0) is 19.8 Å². The van der Waals surface area contributed by atoms with Crippen LogP contribution in [-0.4, -0.2) is 41.8 Å². The summed E-state index contributed by atoms with van der Waals surface area (Å²) in [6.07, 6.45) is 0.527. The largest absolute Gasteiger partial charge is 0.490 e. The quantitative estimate of drug-likeness (QED) is 0.322. The van der Waals surface area contributed by atoms with Gasteiger partial charge < -0.3 is 30.0 Å². The van der Waals surface area contributed by atoms with Crippen molar-refractivity contribution in [1.82, 2.24) is 9.55 Å². The van der Waals surface area contributed by atoms with Gasteiger partial charge >= 0.3 is 29.2 Å². The van der Waals surface area contributed by atoms with E-state index in [0.717, 1.165) is 0 Å². The van der Waals surface area contributed by atoms with E-state index in [-0.39, 0.29) is 12.2 Å². The van der Waals surface area contributed by atoms with Crippen LogP contribution in [0.25, 0.3) is 0 Å². The number of aromatic nitrogens is 2. The zero-order valence-corrected chi connectivity index (χ0v) is 16.9. The first kappa shape index (κ1) is 23.3. The minimum absolute atomic E-state index is 0.0726. The van der Waals surface area contributed by atoms with Gasteiger partial charge in [-0.3, -0.25) is 9.09 Å². The topological polar surface area (TPSA) is 230 Å². The van der Waals surface area contributed by atoms with Crippen molar-refractivity contribution in [2.45, 2.75) is 32.1 Å². The van der Waals surface area contributed by atoms with Crippen LogP contribution in [-0.2, 0) is 31.6 Å². The molecule has 1 aliphatic heterocycles. The second-order valence-corrected chi connectivity index (χ2v) is 10.1. The summed E-state index contributed by atoms with van der Waals surface area (Å²) in [5, 5.41) is 0. The first-order valence-corrected chi connectivity index (χ1v) is 12.0. The lowest BCUT2D eigenvalue weighted by atomic mass is 10.2. The number of ether oxygens (including phenoxy) is 1. The van der Waals surface area contributed by atoms with Crippen molar-refractivity contribution < 1.29 is 51.2 Å². The second kappa shape index (κ2) is 8.42. The lowest BCUT2D eigenvalue weighted by molar-refractivity contribution is -0.0243. The Morgan fingerprint density at radius 3 is 2.46 bits per heavy atom. The van der Waals surface area contributed by atoms with Crippen LogP contribution >= 0.6 is 23.5 Å². The molecule has 4 atom stereocenters. The zero-order chi connectivity index (χ0) is 21.3. The molecule has 1 aliphatic rings. The molecule has 2 rings (SSSR count).